The van der Waals surface area contributed by atoms with Gasteiger partial charge < -0.3 is 25.8 Å². The van der Waals surface area contributed by atoms with Gasteiger partial charge in [0.1, 0.15) is 17.8 Å². The van der Waals surface area contributed by atoms with Crippen molar-refractivity contribution in [2.75, 3.05) is 27.3 Å². The second-order valence-corrected chi connectivity index (χ2v) is 8.86. The van der Waals surface area contributed by atoms with Crippen molar-refractivity contribution in [3.63, 3.8) is 0 Å². The van der Waals surface area contributed by atoms with Gasteiger partial charge in [0, 0.05) is 38.2 Å². The standard InChI is InChI=1S/C26H40N4O3/c1-6-7-21(11-10-20-8-9-20)23-14-22(15-30(12-13-33-5)24(23)16-31)26(28-4)18(2)19(3)29-25(27)17-32/h14-15,17,20-21,29,32H,6-13,27H2,1-5H3/b19-18+,25-17+,28-26+. The van der Waals surface area contributed by atoms with Gasteiger partial charge in [0.15, 0.2) is 5.94 Å². The highest BCUT2D eigenvalue weighted by molar-refractivity contribution is 6.14. The number of ether oxygens (including phenoxy) is 1. The molecule has 182 valence electrons. The highest BCUT2D eigenvalue weighted by Gasteiger charge is 2.29. The number of aliphatic hydroxyl groups is 1. The maximum absolute atomic E-state index is 12.1. The van der Waals surface area contributed by atoms with Crippen molar-refractivity contribution in [3.8, 4) is 0 Å². The van der Waals surface area contributed by atoms with Crippen molar-refractivity contribution < 1.29 is 14.6 Å². The van der Waals surface area contributed by atoms with E-state index in [1.807, 2.05) is 24.9 Å². The zero-order chi connectivity index (χ0) is 24.4. The van der Waals surface area contributed by atoms with Crippen LogP contribution in [-0.2, 0) is 9.53 Å². The van der Waals surface area contributed by atoms with E-state index < -0.39 is 0 Å². The number of aliphatic hydroxyl groups excluding tert-OH is 1. The lowest BCUT2D eigenvalue weighted by molar-refractivity contribution is 0.179. The molecule has 1 saturated carbocycles. The Bertz CT molecular complexity index is 887. The Morgan fingerprint density at radius 1 is 1.42 bits per heavy atom. The Morgan fingerprint density at radius 2 is 2.15 bits per heavy atom. The van der Waals surface area contributed by atoms with E-state index in [4.69, 9.17) is 15.6 Å². The summed E-state index contributed by atoms with van der Waals surface area (Å²) in [6.07, 6.45) is 11.9. The number of methoxy groups -OCH3 is 1. The molecule has 1 aliphatic heterocycles. The minimum absolute atomic E-state index is 0.159. The van der Waals surface area contributed by atoms with E-state index >= 15 is 0 Å². The molecule has 0 bridgehead atoms. The number of rotatable bonds is 13. The van der Waals surface area contributed by atoms with Gasteiger partial charge in [-0.25, -0.2) is 4.79 Å². The smallest absolute Gasteiger partial charge is 0.151 e. The monoisotopic (exact) mass is 456 g/mol. The Kier molecular flexibility index (Phi) is 10.5. The normalized spacial score (nSPS) is 18.9. The third-order valence-electron chi connectivity index (χ3n) is 6.38. The van der Waals surface area contributed by atoms with Gasteiger partial charge in [0.25, 0.3) is 0 Å². The molecule has 4 N–H and O–H groups in total. The third-order valence-corrected chi connectivity index (χ3v) is 6.38. The maximum atomic E-state index is 12.1. The van der Waals surface area contributed by atoms with E-state index in [9.17, 15) is 4.79 Å². The molecule has 0 aromatic carbocycles. The van der Waals surface area contributed by atoms with Crippen LogP contribution in [0.25, 0.3) is 0 Å². The molecule has 0 amide bonds. The van der Waals surface area contributed by atoms with Crippen LogP contribution in [-0.4, -0.2) is 49.0 Å². The van der Waals surface area contributed by atoms with E-state index in [1.165, 1.54) is 19.3 Å². The van der Waals surface area contributed by atoms with E-state index in [0.717, 1.165) is 59.6 Å². The number of nitrogens with one attached hydrogen (secondary N) is 1. The number of nitrogens with two attached hydrogens (primary N) is 1. The highest BCUT2D eigenvalue weighted by atomic mass is 16.5. The minimum atomic E-state index is 0.159. The Morgan fingerprint density at radius 3 is 2.70 bits per heavy atom. The molecule has 0 spiro atoms. The molecule has 1 heterocycles. The highest BCUT2D eigenvalue weighted by Crippen LogP contribution is 2.39. The van der Waals surface area contributed by atoms with Crippen LogP contribution in [0.2, 0.25) is 0 Å². The minimum Gasteiger partial charge on any atom is -0.512 e. The van der Waals surface area contributed by atoms with E-state index in [-0.39, 0.29) is 5.82 Å². The molecule has 7 nitrogen and oxygen atoms in total. The molecule has 2 aliphatic rings. The van der Waals surface area contributed by atoms with E-state index in [0.29, 0.717) is 24.8 Å². The van der Waals surface area contributed by atoms with E-state index in [1.54, 1.807) is 14.2 Å². The van der Waals surface area contributed by atoms with Gasteiger partial charge in [-0.15, -0.1) is 0 Å². The topological polar surface area (TPSA) is 100 Å². The summed E-state index contributed by atoms with van der Waals surface area (Å²) < 4.78 is 5.30. The summed E-state index contributed by atoms with van der Waals surface area (Å²) in [5.41, 5.74) is 10.8. The zero-order valence-corrected chi connectivity index (χ0v) is 20.8. The van der Waals surface area contributed by atoms with Crippen molar-refractivity contribution in [2.24, 2.45) is 22.6 Å². The molecule has 1 unspecified atom stereocenters. The van der Waals surface area contributed by atoms with Crippen LogP contribution in [0.4, 0.5) is 0 Å². The zero-order valence-electron chi connectivity index (χ0n) is 20.8. The molecular weight excluding hydrogens is 416 g/mol. The van der Waals surface area contributed by atoms with Crippen molar-refractivity contribution in [2.45, 2.75) is 59.3 Å². The Labute approximate surface area is 198 Å². The third kappa shape index (κ3) is 7.37. The van der Waals surface area contributed by atoms with Crippen LogP contribution >= 0.6 is 0 Å². The largest absolute Gasteiger partial charge is 0.512 e. The Hall–Kier alpha value is -2.76. The van der Waals surface area contributed by atoms with Gasteiger partial charge >= 0.3 is 0 Å². The molecule has 2 rings (SSSR count). The molecule has 0 aromatic heterocycles. The fraction of sp³-hybridized carbons (Fsp3) is 0.577. The number of allylic oxidation sites excluding steroid dienone is 5. The molecule has 0 saturated heterocycles. The average Bonchev–Trinajstić information content (AvgIpc) is 3.64. The number of nitrogens with zero attached hydrogens (tertiary/aromatic N) is 2. The molecule has 1 fully saturated rings. The fourth-order valence-electron chi connectivity index (χ4n) is 4.28. The predicted molar refractivity (Wildman–Crippen MR) is 134 cm³/mol. The van der Waals surface area contributed by atoms with Gasteiger partial charge in [-0.1, -0.05) is 26.2 Å². The number of aliphatic imine (C=N–C) groups is 1. The van der Waals surface area contributed by atoms with Crippen molar-refractivity contribution in [3.05, 3.63) is 52.5 Å². The first-order valence-electron chi connectivity index (χ1n) is 11.9. The number of hydrogen-bond donors (Lipinski definition) is 3. The fourth-order valence-corrected chi connectivity index (χ4v) is 4.28. The van der Waals surface area contributed by atoms with Gasteiger partial charge in [0.2, 0.25) is 0 Å². The summed E-state index contributed by atoms with van der Waals surface area (Å²) in [7, 11) is 3.41. The summed E-state index contributed by atoms with van der Waals surface area (Å²) in [6.45, 7) is 7.09. The second-order valence-electron chi connectivity index (χ2n) is 8.86. The lowest BCUT2D eigenvalue weighted by atomic mass is 9.83. The molecule has 0 radical (unpaired) electrons. The lowest BCUT2D eigenvalue weighted by Crippen LogP contribution is -2.30. The van der Waals surface area contributed by atoms with Gasteiger partial charge in [-0.3, -0.25) is 4.99 Å². The van der Waals surface area contributed by atoms with Crippen LogP contribution in [0, 0.1) is 11.8 Å². The molecule has 1 atom stereocenters. The number of carbonyl (C=O) groups excluding carboxylic acids is 1. The molecule has 7 heteroatoms. The summed E-state index contributed by atoms with van der Waals surface area (Å²) >= 11 is 0. The predicted octanol–water partition coefficient (Wildman–Crippen LogP) is 4.35. The Balaban J connectivity index is 2.50. The lowest BCUT2D eigenvalue weighted by Gasteiger charge is -2.32. The van der Waals surface area contributed by atoms with Crippen LogP contribution in [0.1, 0.15) is 59.3 Å². The quantitative estimate of drug-likeness (QED) is 0.216. The first-order chi connectivity index (χ1) is 15.9. The maximum Gasteiger partial charge on any atom is 0.151 e. The summed E-state index contributed by atoms with van der Waals surface area (Å²) in [4.78, 5) is 18.7. The van der Waals surface area contributed by atoms with Crippen LogP contribution in [0.3, 0.4) is 0 Å². The van der Waals surface area contributed by atoms with E-state index in [2.05, 4.69) is 29.3 Å². The van der Waals surface area contributed by atoms with Gasteiger partial charge in [-0.2, -0.15) is 0 Å². The molecular formula is C26H40N4O3. The van der Waals surface area contributed by atoms with Crippen molar-refractivity contribution >= 4 is 11.7 Å². The molecule has 33 heavy (non-hydrogen) atoms. The molecule has 0 aromatic rings. The summed E-state index contributed by atoms with van der Waals surface area (Å²) in [5, 5.41) is 12.1. The summed E-state index contributed by atoms with van der Waals surface area (Å²) in [5.74, 6) is 3.53. The second kappa shape index (κ2) is 13.1. The number of hydrogen-bond acceptors (Lipinski definition) is 7. The van der Waals surface area contributed by atoms with Crippen molar-refractivity contribution in [1.82, 2.24) is 10.2 Å². The van der Waals surface area contributed by atoms with Crippen LogP contribution < -0.4 is 11.1 Å². The van der Waals surface area contributed by atoms with Gasteiger partial charge in [0.05, 0.1) is 12.3 Å². The van der Waals surface area contributed by atoms with Crippen LogP contribution in [0.5, 0.6) is 0 Å². The average molecular weight is 457 g/mol. The first kappa shape index (κ1) is 26.5. The first-order valence-corrected chi connectivity index (χ1v) is 11.9. The van der Waals surface area contributed by atoms with Crippen LogP contribution in [0.15, 0.2) is 57.5 Å². The van der Waals surface area contributed by atoms with Gasteiger partial charge in [-0.05, 0) is 62.2 Å². The molecule has 1 aliphatic carbocycles. The SMILES string of the molecule is CCCC(CCC1CC1)C1=CC(C(=N/C)/C(C)=C(\C)N/C(N)=C/O)=CN(CCOC)C1=C=O. The van der Waals surface area contributed by atoms with Crippen molar-refractivity contribution in [1.29, 1.82) is 0 Å². The summed E-state index contributed by atoms with van der Waals surface area (Å²) in [6, 6.07) is 0.